The maximum atomic E-state index is 12.7. The quantitative estimate of drug-likeness (QED) is 0.452. The zero-order valence-corrected chi connectivity index (χ0v) is 18.0. The van der Waals surface area contributed by atoms with Gasteiger partial charge >= 0.3 is 0 Å². The van der Waals surface area contributed by atoms with Crippen LogP contribution in [0.1, 0.15) is 31.9 Å². The molecule has 3 rings (SSSR count). The van der Waals surface area contributed by atoms with Gasteiger partial charge in [0.1, 0.15) is 0 Å². The van der Waals surface area contributed by atoms with Crippen molar-refractivity contribution in [2.75, 3.05) is 5.75 Å². The number of aromatic nitrogens is 3. The van der Waals surface area contributed by atoms with Crippen LogP contribution in [0.5, 0.6) is 0 Å². The average molecular weight is 431 g/mol. The molecule has 0 fully saturated rings. The number of hydrogen-bond donors (Lipinski definition) is 0. The minimum Gasteiger partial charge on any atom is -0.419 e. The predicted molar refractivity (Wildman–Crippen MR) is 115 cm³/mol. The molecule has 0 bridgehead atoms. The van der Waals surface area contributed by atoms with Gasteiger partial charge in [0.05, 0.1) is 22.8 Å². The molecule has 8 heteroatoms. The molecule has 0 atom stereocenters. The topological polar surface area (TPSA) is 72.1 Å². The summed E-state index contributed by atoms with van der Waals surface area (Å²) in [4.78, 5) is 18.8. The van der Waals surface area contributed by atoms with E-state index in [-0.39, 0.29) is 18.5 Å². The van der Waals surface area contributed by atoms with Crippen LogP contribution in [0.3, 0.4) is 0 Å². The molecular weight excluding hydrogens is 408 g/mol. The number of carbonyl (C=O) groups is 1. The summed E-state index contributed by atoms with van der Waals surface area (Å²) in [5.74, 6) is 2.33. The van der Waals surface area contributed by atoms with Gasteiger partial charge in [-0.2, -0.15) is 11.8 Å². The third-order valence-corrected chi connectivity index (χ3v) is 5.58. The molecule has 29 heavy (non-hydrogen) atoms. The Balaban J connectivity index is 1.56. The molecule has 2 heterocycles. The number of halogens is 1. The first-order chi connectivity index (χ1) is 14.0. The summed E-state index contributed by atoms with van der Waals surface area (Å²) in [6.45, 7) is 4.23. The summed E-state index contributed by atoms with van der Waals surface area (Å²) in [6, 6.07) is 13.2. The van der Waals surface area contributed by atoms with E-state index in [2.05, 4.69) is 15.2 Å². The summed E-state index contributed by atoms with van der Waals surface area (Å²) < 4.78 is 5.75. The van der Waals surface area contributed by atoms with Crippen molar-refractivity contribution >= 4 is 29.3 Å². The summed E-state index contributed by atoms with van der Waals surface area (Å²) in [5.41, 5.74) is 1.70. The normalized spacial score (nSPS) is 11.0. The molecule has 0 unspecified atom stereocenters. The maximum absolute atomic E-state index is 12.7. The Bertz CT molecular complexity index is 933. The van der Waals surface area contributed by atoms with Gasteiger partial charge in [0, 0.05) is 30.2 Å². The van der Waals surface area contributed by atoms with Crippen LogP contribution in [-0.2, 0) is 17.1 Å². The smallest absolute Gasteiger partial charge is 0.249 e. The van der Waals surface area contributed by atoms with Crippen molar-refractivity contribution in [3.8, 4) is 11.5 Å². The first-order valence-electron chi connectivity index (χ1n) is 9.39. The highest BCUT2D eigenvalue weighted by atomic mass is 35.5. The first kappa shape index (κ1) is 21.3. The van der Waals surface area contributed by atoms with Gasteiger partial charge in [-0.05, 0) is 38.1 Å². The van der Waals surface area contributed by atoms with E-state index in [9.17, 15) is 4.79 Å². The van der Waals surface area contributed by atoms with Crippen molar-refractivity contribution in [2.45, 2.75) is 38.6 Å². The second-order valence-electron chi connectivity index (χ2n) is 6.72. The monoisotopic (exact) mass is 430 g/mol. The number of hydrogen-bond acceptors (Lipinski definition) is 6. The molecule has 3 aromatic rings. The molecular formula is C21H23ClN4O2S. The minimum atomic E-state index is 0.0268. The molecule has 6 nitrogen and oxygen atoms in total. The lowest BCUT2D eigenvalue weighted by Crippen LogP contribution is -2.36. The van der Waals surface area contributed by atoms with Gasteiger partial charge < -0.3 is 9.32 Å². The Hall–Kier alpha value is -2.38. The summed E-state index contributed by atoms with van der Waals surface area (Å²) in [7, 11) is 0. The summed E-state index contributed by atoms with van der Waals surface area (Å²) in [5, 5.41) is 8.72. The Morgan fingerprint density at radius 2 is 1.97 bits per heavy atom. The fourth-order valence-electron chi connectivity index (χ4n) is 2.73. The summed E-state index contributed by atoms with van der Waals surface area (Å²) in [6.07, 6.45) is 2.23. The number of benzene rings is 1. The Labute approximate surface area is 179 Å². The second kappa shape index (κ2) is 10.4. The lowest BCUT2D eigenvalue weighted by atomic mass is 10.2. The molecule has 0 N–H and O–H groups in total. The molecule has 152 valence electrons. The largest absolute Gasteiger partial charge is 0.419 e. The molecule has 0 radical (unpaired) electrons. The van der Waals surface area contributed by atoms with Gasteiger partial charge in [-0.1, -0.05) is 29.8 Å². The Morgan fingerprint density at radius 3 is 2.69 bits per heavy atom. The van der Waals surface area contributed by atoms with E-state index < -0.39 is 0 Å². The molecule has 0 saturated carbocycles. The third kappa shape index (κ3) is 6.05. The summed E-state index contributed by atoms with van der Waals surface area (Å²) >= 11 is 7.89. The Kier molecular flexibility index (Phi) is 7.66. The third-order valence-electron chi connectivity index (χ3n) is 4.26. The predicted octanol–water partition coefficient (Wildman–Crippen LogP) is 4.85. The van der Waals surface area contributed by atoms with Crippen LogP contribution in [0.2, 0.25) is 5.02 Å². The highest BCUT2D eigenvalue weighted by Crippen LogP contribution is 2.26. The molecule has 0 spiro atoms. The molecule has 1 aromatic carbocycles. The van der Waals surface area contributed by atoms with E-state index in [1.54, 1.807) is 28.9 Å². The van der Waals surface area contributed by atoms with Crippen LogP contribution in [0.25, 0.3) is 11.5 Å². The number of amides is 1. The van der Waals surface area contributed by atoms with Crippen molar-refractivity contribution in [1.29, 1.82) is 0 Å². The van der Waals surface area contributed by atoms with Crippen LogP contribution in [-0.4, -0.2) is 37.8 Å². The SMILES string of the molecule is CC(C)N(Cc1nnc(-c2ccccc2Cl)o1)C(=O)CCSCc1ccccn1. The Morgan fingerprint density at radius 1 is 1.17 bits per heavy atom. The highest BCUT2D eigenvalue weighted by Gasteiger charge is 2.21. The van der Waals surface area contributed by atoms with E-state index >= 15 is 0 Å². The molecule has 0 aliphatic rings. The zero-order valence-electron chi connectivity index (χ0n) is 16.4. The number of nitrogens with zero attached hydrogens (tertiary/aromatic N) is 4. The zero-order chi connectivity index (χ0) is 20.6. The van der Waals surface area contributed by atoms with E-state index in [0.717, 1.165) is 17.2 Å². The molecule has 0 aliphatic carbocycles. The van der Waals surface area contributed by atoms with Crippen molar-refractivity contribution in [3.63, 3.8) is 0 Å². The van der Waals surface area contributed by atoms with Crippen LogP contribution in [0.4, 0.5) is 0 Å². The standard InChI is InChI=1S/C21H23ClN4O2S/c1-15(2)26(20(27)10-12-29-14-16-7-5-6-11-23-16)13-19-24-25-21(28-19)17-8-3-4-9-18(17)22/h3-9,11,15H,10,12-14H2,1-2H3. The average Bonchev–Trinajstić information content (AvgIpc) is 3.18. The fraction of sp³-hybridized carbons (Fsp3) is 0.333. The van der Waals surface area contributed by atoms with Crippen molar-refractivity contribution in [1.82, 2.24) is 20.1 Å². The van der Waals surface area contributed by atoms with Crippen molar-refractivity contribution in [3.05, 3.63) is 65.3 Å². The minimum absolute atomic E-state index is 0.0268. The molecule has 1 amide bonds. The van der Waals surface area contributed by atoms with Crippen LogP contribution in [0.15, 0.2) is 53.1 Å². The van der Waals surface area contributed by atoms with Gasteiger partial charge in [-0.3, -0.25) is 9.78 Å². The first-order valence-corrected chi connectivity index (χ1v) is 10.9. The van der Waals surface area contributed by atoms with Gasteiger partial charge in [0.15, 0.2) is 0 Å². The van der Waals surface area contributed by atoms with Crippen molar-refractivity contribution in [2.24, 2.45) is 0 Å². The lowest BCUT2D eigenvalue weighted by Gasteiger charge is -2.25. The van der Waals surface area contributed by atoms with Crippen LogP contribution >= 0.6 is 23.4 Å². The van der Waals surface area contributed by atoms with Gasteiger partial charge in [0.25, 0.3) is 0 Å². The second-order valence-corrected chi connectivity index (χ2v) is 8.23. The molecule has 0 aliphatic heterocycles. The van der Waals surface area contributed by atoms with Crippen molar-refractivity contribution < 1.29 is 9.21 Å². The number of thioether (sulfide) groups is 1. The van der Waals surface area contributed by atoms with E-state index in [1.807, 2.05) is 50.2 Å². The van der Waals surface area contributed by atoms with Gasteiger partial charge in [-0.15, -0.1) is 10.2 Å². The highest BCUT2D eigenvalue weighted by molar-refractivity contribution is 7.98. The van der Waals surface area contributed by atoms with E-state index in [0.29, 0.717) is 28.8 Å². The maximum Gasteiger partial charge on any atom is 0.249 e. The van der Waals surface area contributed by atoms with Gasteiger partial charge in [-0.25, -0.2) is 0 Å². The lowest BCUT2D eigenvalue weighted by molar-refractivity contribution is -0.133. The molecule has 2 aromatic heterocycles. The number of pyridine rings is 1. The van der Waals surface area contributed by atoms with Gasteiger partial charge in [0.2, 0.25) is 17.7 Å². The number of rotatable bonds is 9. The van der Waals surface area contributed by atoms with Crippen LogP contribution in [0, 0.1) is 0 Å². The molecule has 0 saturated heterocycles. The van der Waals surface area contributed by atoms with Crippen LogP contribution < -0.4 is 0 Å². The van der Waals surface area contributed by atoms with E-state index in [4.69, 9.17) is 16.0 Å². The fourth-order valence-corrected chi connectivity index (χ4v) is 3.79. The van der Waals surface area contributed by atoms with E-state index in [1.165, 1.54) is 0 Å². The number of carbonyl (C=O) groups excluding carboxylic acids is 1.